The molecule has 0 unspecified atom stereocenters. The van der Waals surface area contributed by atoms with Gasteiger partial charge >= 0.3 is 5.97 Å². The third-order valence-electron chi connectivity index (χ3n) is 4.64. The Balaban J connectivity index is 1.91. The number of nitrogens with one attached hydrogen (secondary N) is 1. The van der Waals surface area contributed by atoms with E-state index in [9.17, 15) is 14.0 Å². The van der Waals surface area contributed by atoms with Crippen molar-refractivity contribution in [3.63, 3.8) is 0 Å². The second kappa shape index (κ2) is 9.28. The predicted molar refractivity (Wildman–Crippen MR) is 113 cm³/mol. The Bertz CT molecular complexity index is 1100. The number of pyridine rings is 1. The Kier molecular flexibility index (Phi) is 6.54. The Morgan fingerprint density at radius 1 is 1.10 bits per heavy atom. The zero-order chi connectivity index (χ0) is 21.7. The fraction of sp³-hybridized carbons (Fsp3) is 0.174. The van der Waals surface area contributed by atoms with E-state index in [0.717, 1.165) is 12.0 Å². The van der Waals surface area contributed by atoms with Gasteiger partial charge < -0.3 is 16.2 Å². The van der Waals surface area contributed by atoms with Gasteiger partial charge in [0.2, 0.25) is 0 Å². The molecule has 0 saturated heterocycles. The van der Waals surface area contributed by atoms with Crippen molar-refractivity contribution in [3.05, 3.63) is 82.8 Å². The lowest BCUT2D eigenvalue weighted by Gasteiger charge is -2.12. The summed E-state index contributed by atoms with van der Waals surface area (Å²) in [5, 5.41) is 11.9. The minimum Gasteiger partial charge on any atom is -0.481 e. The highest BCUT2D eigenvalue weighted by Crippen LogP contribution is 2.23. The van der Waals surface area contributed by atoms with Crippen molar-refractivity contribution in [2.45, 2.75) is 26.3 Å². The minimum absolute atomic E-state index is 0.134. The van der Waals surface area contributed by atoms with Crippen LogP contribution in [-0.2, 0) is 24.2 Å². The van der Waals surface area contributed by atoms with Crippen LogP contribution in [0.2, 0.25) is 0 Å². The summed E-state index contributed by atoms with van der Waals surface area (Å²) in [6.07, 6.45) is 0.533. The standard InChI is InChI=1S/C23H22FN3O3/c1-2-14-6-7-16(12-22(28)29)21(10-14)27-23(30)20-5-3-4-19(26-20)17-8-15(13-25)9-18(24)11-17/h3-11H,2,12-13,25H2,1H3,(H,27,30)(H,28,29). The molecule has 0 saturated carbocycles. The number of carbonyl (C=O) groups excluding carboxylic acids is 1. The van der Waals surface area contributed by atoms with Crippen molar-refractivity contribution in [3.8, 4) is 11.3 Å². The predicted octanol–water partition coefficient (Wildman–Crippen LogP) is 3.79. The average molecular weight is 407 g/mol. The van der Waals surface area contributed by atoms with Gasteiger partial charge in [0, 0.05) is 17.8 Å². The summed E-state index contributed by atoms with van der Waals surface area (Å²) in [7, 11) is 0. The molecule has 0 radical (unpaired) electrons. The lowest BCUT2D eigenvalue weighted by molar-refractivity contribution is -0.136. The maximum absolute atomic E-state index is 13.9. The molecule has 3 rings (SSSR count). The fourth-order valence-corrected chi connectivity index (χ4v) is 3.10. The van der Waals surface area contributed by atoms with Crippen molar-refractivity contribution in [2.75, 3.05) is 5.32 Å². The molecule has 6 nitrogen and oxygen atoms in total. The number of amides is 1. The van der Waals surface area contributed by atoms with Crippen molar-refractivity contribution >= 4 is 17.6 Å². The zero-order valence-corrected chi connectivity index (χ0v) is 16.5. The van der Waals surface area contributed by atoms with Gasteiger partial charge in [-0.3, -0.25) is 9.59 Å². The number of anilines is 1. The molecule has 0 atom stereocenters. The maximum atomic E-state index is 13.9. The lowest BCUT2D eigenvalue weighted by atomic mass is 10.0. The Morgan fingerprint density at radius 2 is 1.90 bits per heavy atom. The van der Waals surface area contributed by atoms with Crippen molar-refractivity contribution in [1.82, 2.24) is 4.98 Å². The molecule has 2 aromatic carbocycles. The Hall–Kier alpha value is -3.58. The molecule has 1 aromatic heterocycles. The second-order valence-electron chi connectivity index (χ2n) is 6.83. The van der Waals surface area contributed by atoms with Crippen LogP contribution in [0.5, 0.6) is 0 Å². The lowest BCUT2D eigenvalue weighted by Crippen LogP contribution is -2.16. The average Bonchev–Trinajstić information content (AvgIpc) is 2.74. The molecule has 1 amide bonds. The second-order valence-corrected chi connectivity index (χ2v) is 6.83. The first-order chi connectivity index (χ1) is 14.4. The van der Waals surface area contributed by atoms with Crippen molar-refractivity contribution in [2.24, 2.45) is 5.73 Å². The smallest absolute Gasteiger partial charge is 0.307 e. The van der Waals surface area contributed by atoms with Crippen LogP contribution < -0.4 is 11.1 Å². The first-order valence-electron chi connectivity index (χ1n) is 9.51. The highest BCUT2D eigenvalue weighted by molar-refractivity contribution is 6.03. The van der Waals surface area contributed by atoms with E-state index in [-0.39, 0.29) is 18.7 Å². The number of nitrogens with two attached hydrogens (primary N) is 1. The van der Waals surface area contributed by atoms with Crippen LogP contribution in [-0.4, -0.2) is 22.0 Å². The monoisotopic (exact) mass is 407 g/mol. The summed E-state index contributed by atoms with van der Waals surface area (Å²) >= 11 is 0. The van der Waals surface area contributed by atoms with E-state index >= 15 is 0 Å². The number of aryl methyl sites for hydroxylation is 1. The van der Waals surface area contributed by atoms with Crippen LogP contribution in [0.3, 0.4) is 0 Å². The number of carboxylic acids is 1. The van der Waals surface area contributed by atoms with Crippen LogP contribution in [0.4, 0.5) is 10.1 Å². The van der Waals surface area contributed by atoms with E-state index < -0.39 is 17.7 Å². The molecule has 0 fully saturated rings. The van der Waals surface area contributed by atoms with E-state index in [1.54, 1.807) is 36.4 Å². The number of carboxylic acid groups (broad SMARTS) is 1. The number of rotatable bonds is 7. The molecule has 30 heavy (non-hydrogen) atoms. The van der Waals surface area contributed by atoms with Gasteiger partial charge in [-0.15, -0.1) is 0 Å². The van der Waals surface area contributed by atoms with Gasteiger partial charge in [0.15, 0.2) is 0 Å². The number of nitrogens with zero attached hydrogens (tertiary/aromatic N) is 1. The van der Waals surface area contributed by atoms with Crippen LogP contribution >= 0.6 is 0 Å². The third kappa shape index (κ3) is 5.07. The molecule has 4 N–H and O–H groups in total. The van der Waals surface area contributed by atoms with Crippen LogP contribution in [0, 0.1) is 5.82 Å². The summed E-state index contributed by atoms with van der Waals surface area (Å²) in [6.45, 7) is 2.16. The van der Waals surface area contributed by atoms with E-state index in [1.165, 1.54) is 12.1 Å². The molecule has 1 heterocycles. The van der Waals surface area contributed by atoms with Gasteiger partial charge in [0.1, 0.15) is 11.5 Å². The maximum Gasteiger partial charge on any atom is 0.307 e. The number of hydrogen-bond donors (Lipinski definition) is 3. The molecule has 0 aliphatic heterocycles. The molecule has 0 bridgehead atoms. The number of carbonyl (C=O) groups is 2. The summed E-state index contributed by atoms with van der Waals surface area (Å²) in [6, 6.07) is 14.6. The third-order valence-corrected chi connectivity index (χ3v) is 4.64. The number of halogens is 1. The van der Waals surface area contributed by atoms with Crippen LogP contribution in [0.1, 0.15) is 34.1 Å². The van der Waals surface area contributed by atoms with Crippen molar-refractivity contribution in [1.29, 1.82) is 0 Å². The molecular formula is C23H22FN3O3. The Labute approximate surface area is 173 Å². The molecular weight excluding hydrogens is 385 g/mol. The number of benzene rings is 2. The molecule has 7 heteroatoms. The number of hydrogen-bond acceptors (Lipinski definition) is 4. The van der Waals surface area contributed by atoms with E-state index in [0.29, 0.717) is 28.1 Å². The number of aliphatic carboxylic acids is 1. The van der Waals surface area contributed by atoms with E-state index in [1.807, 2.05) is 13.0 Å². The highest BCUT2D eigenvalue weighted by atomic mass is 19.1. The van der Waals surface area contributed by atoms with E-state index in [4.69, 9.17) is 10.8 Å². The summed E-state index contributed by atoms with van der Waals surface area (Å²) in [5.41, 5.74) is 9.22. The molecule has 0 spiro atoms. The summed E-state index contributed by atoms with van der Waals surface area (Å²) < 4.78 is 13.9. The molecule has 0 aliphatic rings. The topological polar surface area (TPSA) is 105 Å². The van der Waals surface area contributed by atoms with E-state index in [2.05, 4.69) is 10.3 Å². The van der Waals surface area contributed by atoms with Crippen molar-refractivity contribution < 1.29 is 19.1 Å². The van der Waals surface area contributed by atoms with Gasteiger partial charge in [-0.25, -0.2) is 9.37 Å². The summed E-state index contributed by atoms with van der Waals surface area (Å²) in [4.78, 5) is 28.3. The molecule has 0 aliphatic carbocycles. The van der Waals surface area contributed by atoms with Gasteiger partial charge in [0.25, 0.3) is 5.91 Å². The molecule has 3 aromatic rings. The Morgan fingerprint density at radius 3 is 2.60 bits per heavy atom. The van der Waals surface area contributed by atoms with Crippen LogP contribution in [0.15, 0.2) is 54.6 Å². The molecule has 154 valence electrons. The quantitative estimate of drug-likeness (QED) is 0.553. The van der Waals surface area contributed by atoms with Gasteiger partial charge in [-0.05, 0) is 59.5 Å². The minimum atomic E-state index is -0.989. The van der Waals surface area contributed by atoms with Gasteiger partial charge in [0.05, 0.1) is 12.1 Å². The highest BCUT2D eigenvalue weighted by Gasteiger charge is 2.14. The first-order valence-corrected chi connectivity index (χ1v) is 9.51. The SMILES string of the molecule is CCc1ccc(CC(=O)O)c(NC(=O)c2cccc(-c3cc(F)cc(CN)c3)n2)c1. The normalized spacial score (nSPS) is 10.6. The number of aromatic nitrogens is 1. The fourth-order valence-electron chi connectivity index (χ4n) is 3.10. The van der Waals surface area contributed by atoms with Gasteiger partial charge in [-0.2, -0.15) is 0 Å². The largest absolute Gasteiger partial charge is 0.481 e. The van der Waals surface area contributed by atoms with Crippen LogP contribution in [0.25, 0.3) is 11.3 Å². The summed E-state index contributed by atoms with van der Waals surface area (Å²) in [5.74, 6) is -1.90. The van der Waals surface area contributed by atoms with Gasteiger partial charge in [-0.1, -0.05) is 25.1 Å². The zero-order valence-electron chi connectivity index (χ0n) is 16.5. The first kappa shape index (κ1) is 21.1.